The van der Waals surface area contributed by atoms with Gasteiger partial charge in [0.25, 0.3) is 5.09 Å². The molecule has 0 saturated carbocycles. The Bertz CT molecular complexity index is 589. The summed E-state index contributed by atoms with van der Waals surface area (Å²) in [6.07, 6.45) is 3.26. The SMILES string of the molecule is NC(N)=Nc1ccc(OCCn2nccn2)cc1.O=[N+]([O-])O. The van der Waals surface area contributed by atoms with Crippen molar-refractivity contribution in [3.63, 3.8) is 0 Å². The molecule has 1 heterocycles. The van der Waals surface area contributed by atoms with Crippen molar-refractivity contribution < 1.29 is 15.0 Å². The van der Waals surface area contributed by atoms with Crippen LogP contribution in [-0.4, -0.2) is 37.9 Å². The van der Waals surface area contributed by atoms with Gasteiger partial charge in [0, 0.05) is 0 Å². The monoisotopic (exact) mass is 309 g/mol. The van der Waals surface area contributed by atoms with Crippen LogP contribution in [0.1, 0.15) is 0 Å². The van der Waals surface area contributed by atoms with Crippen molar-refractivity contribution in [2.75, 3.05) is 6.61 Å². The number of hydrogen-bond donors (Lipinski definition) is 3. The van der Waals surface area contributed by atoms with Crippen molar-refractivity contribution in [2.45, 2.75) is 6.54 Å². The minimum atomic E-state index is -1.50. The predicted molar refractivity (Wildman–Crippen MR) is 76.2 cm³/mol. The van der Waals surface area contributed by atoms with Crippen LogP contribution in [0.2, 0.25) is 0 Å². The number of aromatic nitrogens is 3. The molecule has 22 heavy (non-hydrogen) atoms. The maximum absolute atomic E-state index is 8.36. The molecule has 0 unspecified atom stereocenters. The number of aliphatic imine (C=N–C) groups is 1. The van der Waals surface area contributed by atoms with E-state index in [0.717, 1.165) is 5.75 Å². The maximum atomic E-state index is 8.36. The lowest BCUT2D eigenvalue weighted by atomic mass is 10.3. The fourth-order valence-electron chi connectivity index (χ4n) is 1.37. The molecule has 0 atom stereocenters. The van der Waals surface area contributed by atoms with Gasteiger partial charge in [-0.1, -0.05) is 0 Å². The number of nitrogens with zero attached hydrogens (tertiary/aromatic N) is 5. The van der Waals surface area contributed by atoms with E-state index in [-0.39, 0.29) is 5.96 Å². The molecule has 5 N–H and O–H groups in total. The van der Waals surface area contributed by atoms with Gasteiger partial charge in [-0.05, 0) is 24.3 Å². The molecule has 11 nitrogen and oxygen atoms in total. The van der Waals surface area contributed by atoms with Gasteiger partial charge >= 0.3 is 0 Å². The van der Waals surface area contributed by atoms with E-state index >= 15 is 0 Å². The molecule has 0 aliphatic rings. The average Bonchev–Trinajstić information content (AvgIpc) is 2.93. The third-order valence-electron chi connectivity index (χ3n) is 2.12. The lowest BCUT2D eigenvalue weighted by Gasteiger charge is -2.05. The third kappa shape index (κ3) is 7.28. The zero-order valence-corrected chi connectivity index (χ0v) is 11.4. The first-order chi connectivity index (χ1) is 10.5. The normalized spacial score (nSPS) is 9.27. The Morgan fingerprint density at radius 3 is 2.36 bits per heavy atom. The molecule has 2 rings (SSSR count). The predicted octanol–water partition coefficient (Wildman–Crippen LogP) is -0.0857. The van der Waals surface area contributed by atoms with Crippen LogP contribution in [0.25, 0.3) is 0 Å². The third-order valence-corrected chi connectivity index (χ3v) is 2.12. The van der Waals surface area contributed by atoms with E-state index in [0.29, 0.717) is 18.8 Å². The van der Waals surface area contributed by atoms with Crippen LogP contribution in [0.4, 0.5) is 5.69 Å². The quantitative estimate of drug-likeness (QED) is 0.298. The Labute approximate surface area is 124 Å². The Balaban J connectivity index is 0.000000541. The van der Waals surface area contributed by atoms with Gasteiger partial charge in [-0.25, -0.2) is 4.99 Å². The second-order valence-electron chi connectivity index (χ2n) is 3.74. The highest BCUT2D eigenvalue weighted by Gasteiger charge is 1.96. The number of ether oxygens (including phenoxy) is 1. The van der Waals surface area contributed by atoms with E-state index in [1.54, 1.807) is 41.5 Å². The van der Waals surface area contributed by atoms with Crippen LogP contribution in [0.5, 0.6) is 5.75 Å². The topological polar surface area (TPSA) is 168 Å². The Kier molecular flexibility index (Phi) is 6.62. The highest BCUT2D eigenvalue weighted by molar-refractivity contribution is 5.78. The summed E-state index contributed by atoms with van der Waals surface area (Å²) >= 11 is 0. The van der Waals surface area contributed by atoms with Crippen LogP contribution in [0.15, 0.2) is 41.7 Å². The van der Waals surface area contributed by atoms with Crippen molar-refractivity contribution in [3.05, 3.63) is 46.8 Å². The minimum Gasteiger partial charge on any atom is -0.492 e. The van der Waals surface area contributed by atoms with E-state index in [4.69, 9.17) is 31.5 Å². The maximum Gasteiger partial charge on any atom is 0.291 e. The molecule has 0 bridgehead atoms. The fraction of sp³-hybridized carbons (Fsp3) is 0.182. The van der Waals surface area contributed by atoms with Gasteiger partial charge in [-0.2, -0.15) is 15.0 Å². The van der Waals surface area contributed by atoms with E-state index in [2.05, 4.69) is 15.2 Å². The largest absolute Gasteiger partial charge is 0.492 e. The molecule has 1 aromatic carbocycles. The number of guanidine groups is 1. The number of nitrogens with two attached hydrogens (primary N) is 2. The molecule has 0 saturated heterocycles. The molecule has 1 aromatic heterocycles. The summed E-state index contributed by atoms with van der Waals surface area (Å²) in [6, 6.07) is 7.17. The number of benzene rings is 1. The lowest BCUT2D eigenvalue weighted by Crippen LogP contribution is -2.21. The van der Waals surface area contributed by atoms with Crippen molar-refractivity contribution in [3.8, 4) is 5.75 Å². The van der Waals surface area contributed by atoms with Crippen molar-refractivity contribution in [2.24, 2.45) is 16.5 Å². The van der Waals surface area contributed by atoms with E-state index < -0.39 is 5.09 Å². The van der Waals surface area contributed by atoms with Crippen molar-refractivity contribution in [1.82, 2.24) is 15.0 Å². The fourth-order valence-corrected chi connectivity index (χ4v) is 1.37. The Morgan fingerprint density at radius 2 is 1.86 bits per heavy atom. The Morgan fingerprint density at radius 1 is 1.32 bits per heavy atom. The second-order valence-corrected chi connectivity index (χ2v) is 3.74. The first-order valence-corrected chi connectivity index (χ1v) is 5.97. The van der Waals surface area contributed by atoms with Gasteiger partial charge < -0.3 is 21.4 Å². The molecule has 11 heteroatoms. The first kappa shape index (κ1) is 16.7. The van der Waals surface area contributed by atoms with Crippen LogP contribution >= 0.6 is 0 Å². The Hall–Kier alpha value is -3.37. The second kappa shape index (κ2) is 8.73. The van der Waals surface area contributed by atoms with Crippen LogP contribution in [0, 0.1) is 10.1 Å². The summed E-state index contributed by atoms with van der Waals surface area (Å²) in [7, 11) is 0. The van der Waals surface area contributed by atoms with Crippen molar-refractivity contribution >= 4 is 11.6 Å². The summed E-state index contributed by atoms with van der Waals surface area (Å²) in [4.78, 5) is 13.8. The first-order valence-electron chi connectivity index (χ1n) is 5.97. The van der Waals surface area contributed by atoms with Crippen LogP contribution in [-0.2, 0) is 6.54 Å². The van der Waals surface area contributed by atoms with E-state index in [1.165, 1.54) is 0 Å². The highest BCUT2D eigenvalue weighted by atomic mass is 16.9. The minimum absolute atomic E-state index is 0.0356. The smallest absolute Gasteiger partial charge is 0.291 e. The van der Waals surface area contributed by atoms with Gasteiger partial charge in [-0.3, -0.25) is 0 Å². The summed E-state index contributed by atoms with van der Waals surface area (Å²) in [5.74, 6) is 0.783. The van der Waals surface area contributed by atoms with Crippen molar-refractivity contribution in [1.29, 1.82) is 0 Å². The molecular weight excluding hydrogens is 294 g/mol. The number of hydrogen-bond acceptors (Lipinski definition) is 6. The molecule has 0 radical (unpaired) electrons. The molecule has 0 aliphatic heterocycles. The summed E-state index contributed by atoms with van der Waals surface area (Å²) in [5, 5.41) is 21.6. The number of rotatable bonds is 5. The summed E-state index contributed by atoms with van der Waals surface area (Å²) < 4.78 is 5.53. The molecule has 0 amide bonds. The molecule has 2 aromatic rings. The van der Waals surface area contributed by atoms with E-state index in [9.17, 15) is 0 Å². The molecule has 0 fully saturated rings. The zero-order chi connectivity index (χ0) is 16.4. The van der Waals surface area contributed by atoms with Gasteiger partial charge in [0.1, 0.15) is 12.4 Å². The zero-order valence-electron chi connectivity index (χ0n) is 11.4. The molecular formula is C11H15N7O4. The van der Waals surface area contributed by atoms with Gasteiger partial charge in [0.05, 0.1) is 24.6 Å². The lowest BCUT2D eigenvalue weighted by molar-refractivity contribution is -0.742. The van der Waals surface area contributed by atoms with Gasteiger partial charge in [0.15, 0.2) is 5.96 Å². The van der Waals surface area contributed by atoms with Gasteiger partial charge in [0.2, 0.25) is 0 Å². The standard InChI is InChI=1S/C11H14N6O.HNO3/c12-11(13)16-9-1-3-10(4-2-9)18-8-7-17-14-5-6-15-17;2-1(3)4/h1-6H,7-8H2,(H4,12,13,16);(H,2,3,4). The molecule has 0 aliphatic carbocycles. The highest BCUT2D eigenvalue weighted by Crippen LogP contribution is 2.17. The van der Waals surface area contributed by atoms with E-state index in [1.807, 2.05) is 0 Å². The molecule has 118 valence electrons. The van der Waals surface area contributed by atoms with Crippen LogP contribution in [0.3, 0.4) is 0 Å². The van der Waals surface area contributed by atoms with Crippen LogP contribution < -0.4 is 16.2 Å². The summed E-state index contributed by atoms with van der Waals surface area (Å²) in [5.41, 5.74) is 11.2. The van der Waals surface area contributed by atoms with Gasteiger partial charge in [-0.15, -0.1) is 10.1 Å². The average molecular weight is 309 g/mol. The summed E-state index contributed by atoms with van der Waals surface area (Å²) in [6.45, 7) is 1.10. The molecule has 0 spiro atoms.